The van der Waals surface area contributed by atoms with Crippen molar-refractivity contribution in [3.63, 3.8) is 0 Å². The molecule has 0 spiro atoms. The molecule has 4 heteroatoms. The molecule has 0 radical (unpaired) electrons. The average Bonchev–Trinajstić information content (AvgIpc) is 3.28. The highest BCUT2D eigenvalue weighted by Crippen LogP contribution is 2.56. The van der Waals surface area contributed by atoms with E-state index in [2.05, 4.69) is 187 Å². The first-order valence-electron chi connectivity index (χ1n) is 19.9. The van der Waals surface area contributed by atoms with Crippen LogP contribution >= 0.6 is 0 Å². The quantitative estimate of drug-likeness (QED) is 0.171. The topological polar surface area (TPSA) is 41.9 Å². The highest BCUT2D eigenvalue weighted by Gasteiger charge is 2.48. The Balaban J connectivity index is 1.02. The van der Waals surface area contributed by atoms with Gasteiger partial charge < -0.3 is 0 Å². The van der Waals surface area contributed by atoms with E-state index in [0.717, 1.165) is 53.3 Å². The minimum atomic E-state index is 0.120. The van der Waals surface area contributed by atoms with Gasteiger partial charge in [0.25, 0.3) is 0 Å². The lowest BCUT2D eigenvalue weighted by Crippen LogP contribution is -2.48. The monoisotopic (exact) mass is 720 g/mol. The van der Waals surface area contributed by atoms with E-state index in [0.29, 0.717) is 5.92 Å². The molecule has 3 aliphatic heterocycles. The molecule has 3 aliphatic rings. The molecule has 0 amide bonds. The zero-order chi connectivity index (χ0) is 37.0. The zero-order valence-electron chi connectivity index (χ0n) is 31.0. The maximum Gasteiger partial charge on any atom is 0.0712 e. The third-order valence-corrected chi connectivity index (χ3v) is 12.3. The fraction of sp³-hybridized carbons (Fsp3) is 0.135. The molecule has 268 valence electrons. The summed E-state index contributed by atoms with van der Waals surface area (Å²) in [5, 5.41) is 7.41. The molecule has 3 atom stereocenters. The van der Waals surface area contributed by atoms with Crippen molar-refractivity contribution in [3.05, 3.63) is 199 Å². The van der Waals surface area contributed by atoms with Crippen LogP contribution in [0.3, 0.4) is 0 Å². The van der Waals surface area contributed by atoms with Crippen LogP contribution in [0.5, 0.6) is 0 Å². The fourth-order valence-corrected chi connectivity index (χ4v) is 9.78. The molecule has 6 heterocycles. The van der Waals surface area contributed by atoms with Crippen LogP contribution in [-0.4, -0.2) is 19.9 Å². The molecule has 3 aromatic heterocycles. The third-order valence-electron chi connectivity index (χ3n) is 12.3. The van der Waals surface area contributed by atoms with E-state index < -0.39 is 0 Å². The Labute approximate surface area is 327 Å². The zero-order valence-corrected chi connectivity index (χ0v) is 31.0. The van der Waals surface area contributed by atoms with Crippen LogP contribution in [0.25, 0.3) is 66.0 Å². The van der Waals surface area contributed by atoms with E-state index in [1.165, 1.54) is 49.0 Å². The van der Waals surface area contributed by atoms with Gasteiger partial charge in [-0.3, -0.25) is 19.9 Å². The maximum absolute atomic E-state index is 5.49. The second-order valence-corrected chi connectivity index (χ2v) is 15.5. The summed E-state index contributed by atoms with van der Waals surface area (Å²) >= 11 is 0. The number of fused-ring (bicyclic) bond motifs is 6. The largest absolute Gasteiger partial charge is 0.278 e. The van der Waals surface area contributed by atoms with Crippen LogP contribution in [-0.2, 0) is 0 Å². The lowest BCUT2D eigenvalue weighted by atomic mass is 9.72. The van der Waals surface area contributed by atoms with Gasteiger partial charge in [-0.05, 0) is 93.4 Å². The number of aromatic nitrogens is 3. The molecule has 0 saturated carbocycles. The summed E-state index contributed by atoms with van der Waals surface area (Å²) in [4.78, 5) is 19.0. The van der Waals surface area contributed by atoms with Gasteiger partial charge in [-0.15, -0.1) is 0 Å². The molecule has 0 aliphatic carbocycles. The van der Waals surface area contributed by atoms with E-state index >= 15 is 0 Å². The highest BCUT2D eigenvalue weighted by molar-refractivity contribution is 5.97. The number of hydrogen-bond acceptors (Lipinski definition) is 4. The Morgan fingerprint density at radius 1 is 0.375 bits per heavy atom. The minimum absolute atomic E-state index is 0.120. The van der Waals surface area contributed by atoms with Crippen molar-refractivity contribution in [1.29, 1.82) is 0 Å². The van der Waals surface area contributed by atoms with Crippen molar-refractivity contribution < 1.29 is 0 Å². The van der Waals surface area contributed by atoms with Gasteiger partial charge in [0.15, 0.2) is 0 Å². The Hall–Kier alpha value is -6.49. The van der Waals surface area contributed by atoms with Crippen LogP contribution in [0.2, 0.25) is 0 Å². The van der Waals surface area contributed by atoms with Gasteiger partial charge in [0, 0.05) is 22.9 Å². The standard InChI is InChI=1S/C52H40N4/c1-4-18-39-35(12-1)15-7-21-42(39)38-28-29-47(53-33-38)50-30-34-31-51(48-26-10-24-45(54-48)43-22-8-16-36-13-2-5-19-40(36)43)56(50)52(32-34)49-27-11-25-46(55-49)44-23-9-17-37-14-3-6-20-41(37)44/h1-29,33-34,50-52H,30-32H2. The number of pyridine rings is 3. The maximum atomic E-state index is 5.49. The second kappa shape index (κ2) is 13.7. The molecule has 6 aromatic carbocycles. The van der Waals surface area contributed by atoms with Crippen LogP contribution in [0.4, 0.5) is 0 Å². The molecule has 2 bridgehead atoms. The number of benzene rings is 6. The SMILES string of the molecule is c1cc(-c2cccc3ccccc23)nc(C2CC3CC(c4ccc(-c5cccc6ccccc56)cn4)N2C(c2cccc(-c4cccc5ccccc45)n2)C3)c1. The lowest BCUT2D eigenvalue weighted by Gasteiger charge is -2.54. The Kier molecular flexibility index (Phi) is 8.03. The first kappa shape index (κ1) is 32.9. The fourth-order valence-electron chi connectivity index (χ4n) is 9.78. The highest BCUT2D eigenvalue weighted by atomic mass is 15.3. The van der Waals surface area contributed by atoms with E-state index in [1.807, 2.05) is 0 Å². The summed E-state index contributed by atoms with van der Waals surface area (Å²) < 4.78 is 0. The molecule has 3 fully saturated rings. The number of piperidine rings is 3. The van der Waals surface area contributed by atoms with Gasteiger partial charge in [0.1, 0.15) is 0 Å². The van der Waals surface area contributed by atoms with Gasteiger partial charge in [0.05, 0.1) is 46.6 Å². The summed E-state index contributed by atoms with van der Waals surface area (Å²) in [6.07, 6.45) is 5.29. The van der Waals surface area contributed by atoms with Gasteiger partial charge in [-0.1, -0.05) is 146 Å². The molecule has 4 nitrogen and oxygen atoms in total. The van der Waals surface area contributed by atoms with E-state index in [-0.39, 0.29) is 18.1 Å². The summed E-state index contributed by atoms with van der Waals surface area (Å²) in [5.74, 6) is 0.505. The van der Waals surface area contributed by atoms with Gasteiger partial charge in [-0.2, -0.15) is 0 Å². The summed E-state index contributed by atoms with van der Waals surface area (Å²) in [7, 11) is 0. The van der Waals surface area contributed by atoms with Crippen LogP contribution in [0, 0.1) is 5.92 Å². The van der Waals surface area contributed by atoms with Gasteiger partial charge >= 0.3 is 0 Å². The first-order chi connectivity index (χ1) is 27.7. The lowest BCUT2D eigenvalue weighted by molar-refractivity contribution is -0.0595. The van der Waals surface area contributed by atoms with Crippen molar-refractivity contribution in [1.82, 2.24) is 19.9 Å². The van der Waals surface area contributed by atoms with E-state index in [1.54, 1.807) is 0 Å². The number of rotatable bonds is 6. The molecule has 0 N–H and O–H groups in total. The van der Waals surface area contributed by atoms with Crippen molar-refractivity contribution in [2.75, 3.05) is 0 Å². The molecule has 56 heavy (non-hydrogen) atoms. The molecular weight excluding hydrogens is 681 g/mol. The van der Waals surface area contributed by atoms with Gasteiger partial charge in [0.2, 0.25) is 0 Å². The Bertz CT molecular complexity index is 2750. The van der Waals surface area contributed by atoms with Crippen molar-refractivity contribution in [3.8, 4) is 33.6 Å². The molecular formula is C52H40N4. The number of hydrogen-bond donors (Lipinski definition) is 0. The normalized spacial score (nSPS) is 20.5. The molecule has 3 saturated heterocycles. The third kappa shape index (κ3) is 5.68. The predicted molar refractivity (Wildman–Crippen MR) is 229 cm³/mol. The Morgan fingerprint density at radius 3 is 1.30 bits per heavy atom. The molecule has 3 unspecified atom stereocenters. The molecule has 9 aromatic rings. The average molecular weight is 721 g/mol. The van der Waals surface area contributed by atoms with E-state index in [9.17, 15) is 0 Å². The number of nitrogens with zero attached hydrogens (tertiary/aromatic N) is 4. The second-order valence-electron chi connectivity index (χ2n) is 15.5. The summed E-state index contributed by atoms with van der Waals surface area (Å²) in [5.41, 5.74) is 10.1. The van der Waals surface area contributed by atoms with E-state index in [4.69, 9.17) is 15.0 Å². The smallest absolute Gasteiger partial charge is 0.0712 e. The van der Waals surface area contributed by atoms with Crippen LogP contribution < -0.4 is 0 Å². The molecule has 12 rings (SSSR count). The summed E-state index contributed by atoms with van der Waals surface area (Å²) in [6, 6.07) is 63.6. The van der Waals surface area contributed by atoms with Crippen molar-refractivity contribution >= 4 is 32.3 Å². The van der Waals surface area contributed by atoms with Crippen LogP contribution in [0.15, 0.2) is 182 Å². The first-order valence-corrected chi connectivity index (χ1v) is 19.9. The Morgan fingerprint density at radius 2 is 0.804 bits per heavy atom. The summed E-state index contributed by atoms with van der Waals surface area (Å²) in [6.45, 7) is 0. The van der Waals surface area contributed by atoms with Crippen molar-refractivity contribution in [2.45, 2.75) is 37.4 Å². The van der Waals surface area contributed by atoms with Gasteiger partial charge in [-0.25, -0.2) is 0 Å². The van der Waals surface area contributed by atoms with Crippen LogP contribution in [0.1, 0.15) is 54.5 Å². The minimum Gasteiger partial charge on any atom is -0.278 e. The van der Waals surface area contributed by atoms with Crippen molar-refractivity contribution in [2.24, 2.45) is 5.92 Å². The predicted octanol–water partition coefficient (Wildman–Crippen LogP) is 13.0.